The van der Waals surface area contributed by atoms with Crippen molar-refractivity contribution in [1.82, 2.24) is 10.2 Å². The Morgan fingerprint density at radius 3 is 2.43 bits per heavy atom. The van der Waals surface area contributed by atoms with E-state index in [9.17, 15) is 4.79 Å². The van der Waals surface area contributed by atoms with Gasteiger partial charge in [0, 0.05) is 18.0 Å². The Bertz CT molecular complexity index is 532. The zero-order chi connectivity index (χ0) is 16.4. The first kappa shape index (κ1) is 16.3. The van der Waals surface area contributed by atoms with E-state index in [1.807, 2.05) is 31.7 Å². The Morgan fingerprint density at radius 1 is 1.17 bits per heavy atom. The van der Waals surface area contributed by atoms with Gasteiger partial charge in [-0.3, -0.25) is 0 Å². The molecular formula is C19H28N2O2. The summed E-state index contributed by atoms with van der Waals surface area (Å²) in [6, 6.07) is 11.1. The molecule has 1 aromatic rings. The molecule has 3 rings (SSSR count). The third-order valence-corrected chi connectivity index (χ3v) is 4.65. The standard InChI is InChI=1S/C19H28N2O2/c1-19(2,3)23-18(22)21(15-9-11-20-12-10-15)17-13-16(17)14-7-5-4-6-8-14/h4-8,15-17,20H,9-13H2,1-3H3. The van der Waals surface area contributed by atoms with Crippen LogP contribution in [0.3, 0.4) is 0 Å². The molecule has 1 heterocycles. The average Bonchev–Trinajstić information content (AvgIpc) is 3.28. The van der Waals surface area contributed by atoms with E-state index in [1.165, 1.54) is 5.56 Å². The number of rotatable bonds is 3. The molecule has 1 aliphatic heterocycles. The maximum atomic E-state index is 12.8. The van der Waals surface area contributed by atoms with Gasteiger partial charge in [-0.2, -0.15) is 0 Å². The van der Waals surface area contributed by atoms with Gasteiger partial charge in [-0.05, 0) is 58.7 Å². The van der Waals surface area contributed by atoms with Crippen molar-refractivity contribution in [1.29, 1.82) is 0 Å². The highest BCUT2D eigenvalue weighted by atomic mass is 16.6. The van der Waals surface area contributed by atoms with Crippen LogP contribution in [0.1, 0.15) is 51.5 Å². The highest BCUT2D eigenvalue weighted by Gasteiger charge is 2.48. The highest BCUT2D eigenvalue weighted by Crippen LogP contribution is 2.46. The van der Waals surface area contributed by atoms with Gasteiger partial charge < -0.3 is 15.0 Å². The minimum Gasteiger partial charge on any atom is -0.444 e. The molecule has 2 unspecified atom stereocenters. The maximum absolute atomic E-state index is 12.8. The van der Waals surface area contributed by atoms with Gasteiger partial charge in [-0.15, -0.1) is 0 Å². The van der Waals surface area contributed by atoms with Crippen LogP contribution in [0.4, 0.5) is 4.79 Å². The summed E-state index contributed by atoms with van der Waals surface area (Å²) in [4.78, 5) is 14.8. The molecule has 0 bridgehead atoms. The molecule has 1 saturated carbocycles. The van der Waals surface area contributed by atoms with E-state index in [0.717, 1.165) is 32.4 Å². The summed E-state index contributed by atoms with van der Waals surface area (Å²) in [6.45, 7) is 7.77. The number of piperidine rings is 1. The minimum absolute atomic E-state index is 0.146. The first-order chi connectivity index (χ1) is 11.0. The van der Waals surface area contributed by atoms with Crippen LogP contribution >= 0.6 is 0 Å². The summed E-state index contributed by atoms with van der Waals surface area (Å²) in [7, 11) is 0. The predicted octanol–water partition coefficient (Wildman–Crippen LogP) is 3.53. The molecule has 1 aliphatic carbocycles. The smallest absolute Gasteiger partial charge is 0.410 e. The summed E-state index contributed by atoms with van der Waals surface area (Å²) in [5, 5.41) is 3.38. The quantitative estimate of drug-likeness (QED) is 0.927. The van der Waals surface area contributed by atoms with E-state index in [-0.39, 0.29) is 12.1 Å². The van der Waals surface area contributed by atoms with Crippen molar-refractivity contribution >= 4 is 6.09 Å². The minimum atomic E-state index is -0.445. The van der Waals surface area contributed by atoms with Crippen LogP contribution in [0.5, 0.6) is 0 Å². The predicted molar refractivity (Wildman–Crippen MR) is 91.6 cm³/mol. The maximum Gasteiger partial charge on any atom is 0.410 e. The first-order valence-electron chi connectivity index (χ1n) is 8.73. The molecule has 23 heavy (non-hydrogen) atoms. The Kier molecular flexibility index (Phi) is 4.62. The number of carbonyl (C=O) groups is 1. The molecule has 0 spiro atoms. The van der Waals surface area contributed by atoms with E-state index >= 15 is 0 Å². The van der Waals surface area contributed by atoms with Crippen molar-refractivity contribution in [2.45, 2.75) is 63.6 Å². The van der Waals surface area contributed by atoms with Crippen molar-refractivity contribution in [3.05, 3.63) is 35.9 Å². The Balaban J connectivity index is 1.75. The lowest BCUT2D eigenvalue weighted by molar-refractivity contribution is 0.0102. The van der Waals surface area contributed by atoms with Crippen LogP contribution in [-0.4, -0.2) is 41.8 Å². The number of hydrogen-bond donors (Lipinski definition) is 1. The number of benzene rings is 1. The van der Waals surface area contributed by atoms with Gasteiger partial charge >= 0.3 is 6.09 Å². The van der Waals surface area contributed by atoms with Crippen molar-refractivity contribution in [2.75, 3.05) is 13.1 Å². The second-order valence-electron chi connectivity index (χ2n) is 7.69. The fraction of sp³-hybridized carbons (Fsp3) is 0.632. The molecule has 1 amide bonds. The number of amides is 1. The monoisotopic (exact) mass is 316 g/mol. The molecule has 0 radical (unpaired) electrons. The van der Waals surface area contributed by atoms with E-state index < -0.39 is 5.60 Å². The first-order valence-corrected chi connectivity index (χ1v) is 8.73. The van der Waals surface area contributed by atoms with Gasteiger partial charge in [0.05, 0.1) is 0 Å². The highest BCUT2D eigenvalue weighted by molar-refractivity contribution is 5.70. The fourth-order valence-corrected chi connectivity index (χ4v) is 3.50. The summed E-state index contributed by atoms with van der Waals surface area (Å²) in [5.41, 5.74) is 0.888. The Labute approximate surface area is 139 Å². The third-order valence-electron chi connectivity index (χ3n) is 4.65. The SMILES string of the molecule is CC(C)(C)OC(=O)N(C1CCNCC1)C1CC1c1ccccc1. The fourth-order valence-electron chi connectivity index (χ4n) is 3.50. The number of nitrogens with zero attached hydrogens (tertiary/aromatic N) is 1. The van der Waals surface area contributed by atoms with Gasteiger partial charge in [0.2, 0.25) is 0 Å². The largest absolute Gasteiger partial charge is 0.444 e. The zero-order valence-corrected chi connectivity index (χ0v) is 14.4. The van der Waals surface area contributed by atoms with Gasteiger partial charge in [0.1, 0.15) is 5.60 Å². The van der Waals surface area contributed by atoms with Crippen molar-refractivity contribution in [3.63, 3.8) is 0 Å². The Hall–Kier alpha value is -1.55. The summed E-state index contributed by atoms with van der Waals surface area (Å²) < 4.78 is 5.71. The third kappa shape index (κ3) is 4.05. The van der Waals surface area contributed by atoms with Crippen molar-refractivity contribution < 1.29 is 9.53 Å². The summed E-state index contributed by atoms with van der Waals surface area (Å²) >= 11 is 0. The van der Waals surface area contributed by atoms with Crippen LogP contribution < -0.4 is 5.32 Å². The van der Waals surface area contributed by atoms with Crippen molar-refractivity contribution in [3.8, 4) is 0 Å². The van der Waals surface area contributed by atoms with Gasteiger partial charge in [-0.1, -0.05) is 30.3 Å². The van der Waals surface area contributed by atoms with E-state index in [2.05, 4.69) is 29.6 Å². The molecule has 2 aliphatic rings. The van der Waals surface area contributed by atoms with E-state index in [0.29, 0.717) is 12.0 Å². The van der Waals surface area contributed by atoms with Crippen LogP contribution in [-0.2, 0) is 4.74 Å². The molecular weight excluding hydrogens is 288 g/mol. The van der Waals surface area contributed by atoms with Crippen LogP contribution in [0, 0.1) is 0 Å². The van der Waals surface area contributed by atoms with Crippen LogP contribution in [0.15, 0.2) is 30.3 Å². The van der Waals surface area contributed by atoms with E-state index in [4.69, 9.17) is 4.74 Å². The number of nitrogens with one attached hydrogen (secondary N) is 1. The second-order valence-corrected chi connectivity index (χ2v) is 7.69. The second kappa shape index (κ2) is 6.52. The lowest BCUT2D eigenvalue weighted by Crippen LogP contribution is -2.49. The van der Waals surface area contributed by atoms with Gasteiger partial charge in [0.25, 0.3) is 0 Å². The molecule has 2 atom stereocenters. The summed E-state index contributed by atoms with van der Waals surface area (Å²) in [6.07, 6.45) is 2.93. The van der Waals surface area contributed by atoms with Crippen molar-refractivity contribution in [2.24, 2.45) is 0 Å². The average molecular weight is 316 g/mol. The zero-order valence-electron chi connectivity index (χ0n) is 14.4. The Morgan fingerprint density at radius 2 is 1.83 bits per heavy atom. The molecule has 4 nitrogen and oxygen atoms in total. The number of ether oxygens (including phenoxy) is 1. The summed E-state index contributed by atoms with van der Waals surface area (Å²) in [5.74, 6) is 0.457. The lowest BCUT2D eigenvalue weighted by Gasteiger charge is -2.36. The molecule has 4 heteroatoms. The molecule has 2 fully saturated rings. The molecule has 1 saturated heterocycles. The van der Waals surface area contributed by atoms with Crippen LogP contribution in [0.25, 0.3) is 0 Å². The lowest BCUT2D eigenvalue weighted by atomic mass is 10.0. The van der Waals surface area contributed by atoms with Gasteiger partial charge in [0.15, 0.2) is 0 Å². The van der Waals surface area contributed by atoms with Gasteiger partial charge in [-0.25, -0.2) is 4.79 Å². The topological polar surface area (TPSA) is 41.6 Å². The molecule has 1 N–H and O–H groups in total. The molecule has 1 aromatic carbocycles. The number of hydrogen-bond acceptors (Lipinski definition) is 3. The molecule has 0 aromatic heterocycles. The van der Waals surface area contributed by atoms with E-state index in [1.54, 1.807) is 0 Å². The number of carbonyl (C=O) groups excluding carboxylic acids is 1. The van der Waals surface area contributed by atoms with Crippen LogP contribution in [0.2, 0.25) is 0 Å². The normalized spacial score (nSPS) is 25.0. The molecule has 126 valence electrons.